The highest BCUT2D eigenvalue weighted by molar-refractivity contribution is 6.33. The van der Waals surface area contributed by atoms with Crippen molar-refractivity contribution in [1.82, 2.24) is 10.7 Å². The number of phenolic OH excluding ortho intramolecular Hbond substituents is 1. The minimum atomic E-state index is -0.693. The van der Waals surface area contributed by atoms with Gasteiger partial charge in [0.15, 0.2) is 0 Å². The van der Waals surface area contributed by atoms with Crippen molar-refractivity contribution in [1.29, 1.82) is 0 Å². The molecule has 0 aliphatic rings. The molecule has 0 unspecified atom stereocenters. The third-order valence-electron chi connectivity index (χ3n) is 4.61. The number of halogens is 1. The summed E-state index contributed by atoms with van der Waals surface area (Å²) in [6, 6.07) is 17.8. The number of nitrogens with one attached hydrogen (secondary N) is 2. The van der Waals surface area contributed by atoms with Crippen molar-refractivity contribution in [3.05, 3.63) is 94.1 Å². The number of hydrogen-bond donors (Lipinski definition) is 3. The average Bonchev–Trinajstić information content (AvgIpc) is 2.86. The van der Waals surface area contributed by atoms with Crippen LogP contribution in [0.15, 0.2) is 77.5 Å². The molecule has 0 bridgehead atoms. The summed E-state index contributed by atoms with van der Waals surface area (Å²) < 4.78 is 10.6. The number of carbonyl (C=O) groups excluding carboxylic acids is 2. The summed E-state index contributed by atoms with van der Waals surface area (Å²) in [4.78, 5) is 25.7. The third kappa shape index (κ3) is 6.36. The fourth-order valence-electron chi connectivity index (χ4n) is 2.90. The van der Waals surface area contributed by atoms with Crippen LogP contribution in [0.1, 0.15) is 21.5 Å². The number of amides is 2. The van der Waals surface area contributed by atoms with Crippen LogP contribution in [-0.2, 0) is 4.79 Å². The lowest BCUT2D eigenvalue weighted by atomic mass is 10.1. The van der Waals surface area contributed by atoms with Crippen molar-refractivity contribution < 1.29 is 24.2 Å². The largest absolute Gasteiger partial charge is 0.508 e. The molecule has 3 N–H and O–H groups in total. The predicted molar refractivity (Wildman–Crippen MR) is 130 cm³/mol. The minimum Gasteiger partial charge on any atom is -0.508 e. The van der Waals surface area contributed by atoms with Gasteiger partial charge in [0, 0.05) is 21.7 Å². The molecule has 3 rings (SSSR count). The van der Waals surface area contributed by atoms with E-state index in [-0.39, 0.29) is 11.4 Å². The number of ether oxygens (including phenoxy) is 2. The summed E-state index contributed by atoms with van der Waals surface area (Å²) in [5.41, 5.74) is 3.54. The highest BCUT2D eigenvalue weighted by atomic mass is 35.5. The number of hydrazone groups is 1. The summed E-state index contributed by atoms with van der Waals surface area (Å²) in [5, 5.41) is 16.5. The first kappa shape index (κ1) is 24.3. The molecule has 3 aromatic carbocycles. The zero-order valence-electron chi connectivity index (χ0n) is 18.4. The summed E-state index contributed by atoms with van der Waals surface area (Å²) in [7, 11) is 3.01. The van der Waals surface area contributed by atoms with Gasteiger partial charge in [-0.3, -0.25) is 9.59 Å². The van der Waals surface area contributed by atoms with Gasteiger partial charge in [0.25, 0.3) is 11.8 Å². The van der Waals surface area contributed by atoms with E-state index < -0.39 is 11.8 Å². The quantitative estimate of drug-likeness (QED) is 0.257. The first-order valence-corrected chi connectivity index (χ1v) is 10.4. The molecule has 8 nitrogen and oxygen atoms in total. The van der Waals surface area contributed by atoms with Crippen LogP contribution in [0.25, 0.3) is 6.08 Å². The van der Waals surface area contributed by atoms with E-state index >= 15 is 0 Å². The number of methoxy groups -OCH3 is 2. The maximum atomic E-state index is 12.9. The Bertz CT molecular complexity index is 1240. The van der Waals surface area contributed by atoms with Crippen LogP contribution >= 0.6 is 11.6 Å². The number of hydrogen-bond acceptors (Lipinski definition) is 6. The monoisotopic (exact) mass is 479 g/mol. The van der Waals surface area contributed by atoms with Gasteiger partial charge in [0.2, 0.25) is 0 Å². The molecule has 0 aliphatic heterocycles. The average molecular weight is 480 g/mol. The topological polar surface area (TPSA) is 109 Å². The maximum Gasteiger partial charge on any atom is 0.287 e. The Kier molecular flexibility index (Phi) is 8.26. The van der Waals surface area contributed by atoms with Crippen LogP contribution in [0.4, 0.5) is 0 Å². The molecule has 0 saturated carbocycles. The number of carbonyl (C=O) groups is 2. The normalized spacial score (nSPS) is 11.2. The molecule has 0 radical (unpaired) electrons. The molecular formula is C25H22ClN3O5. The molecule has 0 heterocycles. The van der Waals surface area contributed by atoms with E-state index in [4.69, 9.17) is 21.1 Å². The lowest BCUT2D eigenvalue weighted by Gasteiger charge is -2.12. The summed E-state index contributed by atoms with van der Waals surface area (Å²) >= 11 is 6.07. The third-order valence-corrected chi connectivity index (χ3v) is 4.96. The lowest BCUT2D eigenvalue weighted by Crippen LogP contribution is -2.32. The first-order chi connectivity index (χ1) is 16.4. The molecule has 0 aliphatic carbocycles. The number of phenols is 1. The SMILES string of the molecule is COc1ccc(OC)c(/C=C(\NC(=O)c2ccccc2)C(=O)NN=Cc2cc(O)ccc2Cl)c1. The Morgan fingerprint density at radius 1 is 0.971 bits per heavy atom. The zero-order valence-corrected chi connectivity index (χ0v) is 19.2. The van der Waals surface area contributed by atoms with Gasteiger partial charge in [-0.1, -0.05) is 29.8 Å². The van der Waals surface area contributed by atoms with E-state index in [9.17, 15) is 14.7 Å². The minimum absolute atomic E-state index is 0.00185. The first-order valence-electron chi connectivity index (χ1n) is 10.0. The van der Waals surface area contributed by atoms with Gasteiger partial charge >= 0.3 is 0 Å². The van der Waals surface area contributed by atoms with Gasteiger partial charge in [0.05, 0.1) is 20.4 Å². The second-order valence-corrected chi connectivity index (χ2v) is 7.30. The van der Waals surface area contributed by atoms with Gasteiger partial charge in [-0.05, 0) is 54.6 Å². The van der Waals surface area contributed by atoms with Crippen LogP contribution < -0.4 is 20.2 Å². The number of aromatic hydroxyl groups is 1. The summed E-state index contributed by atoms with van der Waals surface area (Å²) in [6.07, 6.45) is 2.73. The van der Waals surface area contributed by atoms with E-state index in [1.165, 1.54) is 44.7 Å². The van der Waals surface area contributed by atoms with Crippen molar-refractivity contribution in [2.45, 2.75) is 0 Å². The molecule has 0 spiro atoms. The van der Waals surface area contributed by atoms with Crippen molar-refractivity contribution in [3.63, 3.8) is 0 Å². The Morgan fingerprint density at radius 2 is 1.74 bits per heavy atom. The van der Waals surface area contributed by atoms with Crippen molar-refractivity contribution in [3.8, 4) is 17.2 Å². The molecule has 2 amide bonds. The Hall–Kier alpha value is -4.30. The van der Waals surface area contributed by atoms with E-state index in [2.05, 4.69) is 15.8 Å². The lowest BCUT2D eigenvalue weighted by molar-refractivity contribution is -0.117. The van der Waals surface area contributed by atoms with Crippen molar-refractivity contribution in [2.75, 3.05) is 14.2 Å². The fourth-order valence-corrected chi connectivity index (χ4v) is 3.07. The summed E-state index contributed by atoms with van der Waals surface area (Å²) in [6.45, 7) is 0. The molecule has 9 heteroatoms. The van der Waals surface area contributed by atoms with Gasteiger partial charge in [-0.25, -0.2) is 5.43 Å². The smallest absolute Gasteiger partial charge is 0.287 e. The van der Waals surface area contributed by atoms with E-state index in [0.29, 0.717) is 33.2 Å². The van der Waals surface area contributed by atoms with Crippen LogP contribution in [0.2, 0.25) is 5.02 Å². The van der Waals surface area contributed by atoms with Crippen molar-refractivity contribution in [2.24, 2.45) is 5.10 Å². The molecule has 174 valence electrons. The molecule has 0 saturated heterocycles. The van der Waals surface area contributed by atoms with Gasteiger partial charge < -0.3 is 19.9 Å². The Labute approximate surface area is 201 Å². The van der Waals surface area contributed by atoms with E-state index in [1.807, 2.05) is 0 Å². The highest BCUT2D eigenvalue weighted by Crippen LogP contribution is 2.26. The summed E-state index contributed by atoms with van der Waals surface area (Å²) in [5.74, 6) is -0.170. The Morgan fingerprint density at radius 3 is 2.44 bits per heavy atom. The molecule has 3 aromatic rings. The predicted octanol–water partition coefficient (Wildman–Crippen LogP) is 3.98. The molecular weight excluding hydrogens is 458 g/mol. The highest BCUT2D eigenvalue weighted by Gasteiger charge is 2.16. The fraction of sp³-hybridized carbons (Fsp3) is 0.0800. The zero-order chi connectivity index (χ0) is 24.5. The van der Waals surface area contributed by atoms with Crippen LogP contribution in [0.5, 0.6) is 17.2 Å². The second-order valence-electron chi connectivity index (χ2n) is 6.89. The molecule has 34 heavy (non-hydrogen) atoms. The number of benzene rings is 3. The van der Waals surface area contributed by atoms with Crippen molar-refractivity contribution >= 4 is 35.7 Å². The standard InChI is InChI=1S/C25H22ClN3O5/c1-33-20-9-11-23(34-2)17(13-20)14-22(28-24(31)16-6-4-3-5-7-16)25(32)29-27-15-18-12-19(30)8-10-21(18)26/h3-15,30H,1-2H3,(H,28,31)(H,29,32)/b22-14-,27-15?. The molecule has 0 fully saturated rings. The van der Waals surface area contributed by atoms with Crippen LogP contribution in [0, 0.1) is 0 Å². The van der Waals surface area contributed by atoms with Gasteiger partial charge in [-0.2, -0.15) is 5.10 Å². The second kappa shape index (κ2) is 11.5. The maximum absolute atomic E-state index is 12.9. The number of nitrogens with zero attached hydrogens (tertiary/aromatic N) is 1. The Balaban J connectivity index is 1.91. The molecule has 0 aromatic heterocycles. The van der Waals surface area contributed by atoms with E-state index in [1.54, 1.807) is 48.5 Å². The van der Waals surface area contributed by atoms with Crippen LogP contribution in [-0.4, -0.2) is 37.4 Å². The van der Waals surface area contributed by atoms with E-state index in [0.717, 1.165) is 0 Å². The van der Waals surface area contributed by atoms with Gasteiger partial charge in [-0.15, -0.1) is 0 Å². The van der Waals surface area contributed by atoms with Crippen LogP contribution in [0.3, 0.4) is 0 Å². The van der Waals surface area contributed by atoms with Gasteiger partial charge in [0.1, 0.15) is 22.9 Å². The molecule has 0 atom stereocenters. The number of rotatable bonds is 8.